The number of ether oxygens (including phenoxy) is 1. The van der Waals surface area contributed by atoms with E-state index < -0.39 is 6.10 Å². The zero-order chi connectivity index (χ0) is 21.6. The van der Waals surface area contributed by atoms with Gasteiger partial charge in [-0.15, -0.1) is 0 Å². The summed E-state index contributed by atoms with van der Waals surface area (Å²) in [6, 6.07) is 28.8. The van der Waals surface area contributed by atoms with Gasteiger partial charge in [-0.25, -0.2) is 0 Å². The minimum absolute atomic E-state index is 0.0448. The predicted molar refractivity (Wildman–Crippen MR) is 127 cm³/mol. The molecule has 160 valence electrons. The number of halogens is 1. The molecule has 0 aromatic heterocycles. The van der Waals surface area contributed by atoms with Crippen molar-refractivity contribution >= 4 is 21.8 Å². The Morgan fingerprint density at radius 2 is 1.35 bits per heavy atom. The van der Waals surface area contributed by atoms with Crippen LogP contribution in [0.2, 0.25) is 0 Å². The molecule has 1 saturated heterocycles. The molecule has 0 saturated carbocycles. The smallest absolute Gasteiger partial charge is 0.263 e. The van der Waals surface area contributed by atoms with Crippen LogP contribution in [0.4, 0.5) is 0 Å². The fourth-order valence-electron chi connectivity index (χ4n) is 4.11. The third kappa shape index (κ3) is 5.35. The number of benzene rings is 3. The molecule has 0 unspecified atom stereocenters. The Morgan fingerprint density at radius 1 is 0.806 bits per heavy atom. The summed E-state index contributed by atoms with van der Waals surface area (Å²) >= 11 is 3.54. The lowest BCUT2D eigenvalue weighted by Crippen LogP contribution is -2.52. The molecule has 1 aliphatic rings. The van der Waals surface area contributed by atoms with E-state index in [9.17, 15) is 4.79 Å². The second kappa shape index (κ2) is 10.1. The number of nitrogens with zero attached hydrogens (tertiary/aromatic N) is 2. The summed E-state index contributed by atoms with van der Waals surface area (Å²) in [4.78, 5) is 17.3. The average Bonchev–Trinajstić information content (AvgIpc) is 2.82. The second-order valence-electron chi connectivity index (χ2n) is 7.80. The van der Waals surface area contributed by atoms with E-state index in [0.29, 0.717) is 13.1 Å². The highest BCUT2D eigenvalue weighted by Gasteiger charge is 2.30. The highest BCUT2D eigenvalue weighted by Crippen LogP contribution is 2.30. The quantitative estimate of drug-likeness (QED) is 0.490. The van der Waals surface area contributed by atoms with Gasteiger partial charge in [0, 0.05) is 30.7 Å². The minimum Gasteiger partial charge on any atom is -0.481 e. The SMILES string of the molecule is C[C@@H](Oc1ccccc1)C(=O)N1CCN([C@@H](c2ccccc2)c2ccc(Br)cc2)CC1. The Kier molecular flexibility index (Phi) is 7.05. The van der Waals surface area contributed by atoms with Gasteiger partial charge in [-0.05, 0) is 42.3 Å². The number of hydrogen-bond donors (Lipinski definition) is 0. The molecule has 3 aromatic carbocycles. The molecule has 3 aromatic rings. The van der Waals surface area contributed by atoms with E-state index in [1.54, 1.807) is 0 Å². The molecule has 2 atom stereocenters. The molecular weight excluding hydrogens is 452 g/mol. The van der Waals surface area contributed by atoms with E-state index in [4.69, 9.17) is 4.74 Å². The van der Waals surface area contributed by atoms with Gasteiger partial charge in [0.2, 0.25) is 0 Å². The summed E-state index contributed by atoms with van der Waals surface area (Å²) < 4.78 is 6.92. The van der Waals surface area contributed by atoms with Gasteiger partial charge >= 0.3 is 0 Å². The van der Waals surface area contributed by atoms with Crippen molar-refractivity contribution in [2.75, 3.05) is 26.2 Å². The molecule has 0 aliphatic carbocycles. The lowest BCUT2D eigenvalue weighted by atomic mass is 9.96. The number of carbonyl (C=O) groups is 1. The van der Waals surface area contributed by atoms with Gasteiger partial charge in [0.15, 0.2) is 6.10 Å². The van der Waals surface area contributed by atoms with Crippen molar-refractivity contribution in [3.05, 3.63) is 101 Å². The molecule has 1 aliphatic heterocycles. The summed E-state index contributed by atoms with van der Waals surface area (Å²) in [5.74, 6) is 0.768. The van der Waals surface area contributed by atoms with Gasteiger partial charge in [0.25, 0.3) is 5.91 Å². The molecule has 1 fully saturated rings. The monoisotopic (exact) mass is 478 g/mol. The maximum absolute atomic E-state index is 12.9. The van der Waals surface area contributed by atoms with Crippen LogP contribution in [-0.4, -0.2) is 48.0 Å². The van der Waals surface area contributed by atoms with Gasteiger partial charge in [0.05, 0.1) is 6.04 Å². The number of rotatable bonds is 6. The number of hydrogen-bond acceptors (Lipinski definition) is 3. The Hall–Kier alpha value is -2.63. The highest BCUT2D eigenvalue weighted by molar-refractivity contribution is 9.10. The van der Waals surface area contributed by atoms with Gasteiger partial charge in [-0.3, -0.25) is 9.69 Å². The van der Waals surface area contributed by atoms with E-state index in [2.05, 4.69) is 69.4 Å². The number of carbonyl (C=O) groups excluding carboxylic acids is 1. The fourth-order valence-corrected chi connectivity index (χ4v) is 4.37. The summed E-state index contributed by atoms with van der Waals surface area (Å²) in [6.45, 7) is 4.86. The zero-order valence-electron chi connectivity index (χ0n) is 17.7. The Labute approximate surface area is 192 Å². The first-order valence-corrected chi connectivity index (χ1v) is 11.5. The van der Waals surface area contributed by atoms with Crippen LogP contribution in [0.1, 0.15) is 24.1 Å². The van der Waals surface area contributed by atoms with Crippen molar-refractivity contribution in [3.8, 4) is 5.75 Å². The Balaban J connectivity index is 1.44. The molecule has 1 heterocycles. The van der Waals surface area contributed by atoms with E-state index in [-0.39, 0.29) is 11.9 Å². The summed E-state index contributed by atoms with van der Waals surface area (Å²) in [6.07, 6.45) is -0.495. The molecule has 0 bridgehead atoms. The van der Waals surface area contributed by atoms with E-state index in [0.717, 1.165) is 23.3 Å². The van der Waals surface area contributed by atoms with Crippen molar-refractivity contribution in [1.29, 1.82) is 0 Å². The molecule has 31 heavy (non-hydrogen) atoms. The lowest BCUT2D eigenvalue weighted by Gasteiger charge is -2.40. The van der Waals surface area contributed by atoms with Crippen LogP contribution in [-0.2, 0) is 4.79 Å². The topological polar surface area (TPSA) is 32.8 Å². The van der Waals surface area contributed by atoms with E-state index >= 15 is 0 Å². The highest BCUT2D eigenvalue weighted by atomic mass is 79.9. The molecular formula is C26H27BrN2O2. The number of piperazine rings is 1. The van der Waals surface area contributed by atoms with Gasteiger partial charge in [0.1, 0.15) is 5.75 Å². The van der Waals surface area contributed by atoms with E-state index in [1.807, 2.05) is 48.2 Å². The molecule has 0 N–H and O–H groups in total. The van der Waals surface area contributed by atoms with Crippen LogP contribution in [0.3, 0.4) is 0 Å². The van der Waals surface area contributed by atoms with Crippen molar-refractivity contribution in [3.63, 3.8) is 0 Å². The van der Waals surface area contributed by atoms with Crippen LogP contribution in [0.5, 0.6) is 5.75 Å². The maximum atomic E-state index is 12.9. The van der Waals surface area contributed by atoms with Crippen LogP contribution in [0, 0.1) is 0 Å². The van der Waals surface area contributed by atoms with Gasteiger partial charge in [-0.1, -0.05) is 76.6 Å². The standard InChI is InChI=1S/C26H27BrN2O2/c1-20(31-24-10-6-3-7-11-24)26(30)29-18-16-28(17-19-29)25(21-8-4-2-5-9-21)22-12-14-23(27)15-13-22/h2-15,20,25H,16-19H2,1H3/t20-,25+/m1/s1. The van der Waals surface area contributed by atoms with Gasteiger partial charge < -0.3 is 9.64 Å². The summed E-state index contributed by atoms with van der Waals surface area (Å²) in [5.41, 5.74) is 2.53. The first kappa shape index (κ1) is 21.6. The first-order chi connectivity index (χ1) is 15.1. The summed E-state index contributed by atoms with van der Waals surface area (Å²) in [7, 11) is 0. The maximum Gasteiger partial charge on any atom is 0.263 e. The van der Waals surface area contributed by atoms with Crippen molar-refractivity contribution in [2.45, 2.75) is 19.1 Å². The van der Waals surface area contributed by atoms with Crippen molar-refractivity contribution in [2.24, 2.45) is 0 Å². The average molecular weight is 479 g/mol. The third-order valence-electron chi connectivity index (χ3n) is 5.70. The molecule has 4 rings (SSSR count). The third-order valence-corrected chi connectivity index (χ3v) is 6.22. The minimum atomic E-state index is -0.495. The second-order valence-corrected chi connectivity index (χ2v) is 8.71. The molecule has 0 spiro atoms. The molecule has 4 nitrogen and oxygen atoms in total. The molecule has 5 heteroatoms. The van der Waals surface area contributed by atoms with Crippen LogP contribution in [0.15, 0.2) is 89.4 Å². The fraction of sp³-hybridized carbons (Fsp3) is 0.269. The van der Waals surface area contributed by atoms with Crippen LogP contribution < -0.4 is 4.74 Å². The Bertz CT molecular complexity index is 971. The summed E-state index contributed by atoms with van der Waals surface area (Å²) in [5, 5.41) is 0. The number of para-hydroxylation sites is 1. The Morgan fingerprint density at radius 3 is 1.97 bits per heavy atom. The van der Waals surface area contributed by atoms with Gasteiger partial charge in [-0.2, -0.15) is 0 Å². The number of amides is 1. The first-order valence-electron chi connectivity index (χ1n) is 10.7. The largest absolute Gasteiger partial charge is 0.481 e. The van der Waals surface area contributed by atoms with Crippen LogP contribution >= 0.6 is 15.9 Å². The van der Waals surface area contributed by atoms with Crippen molar-refractivity contribution in [1.82, 2.24) is 9.80 Å². The van der Waals surface area contributed by atoms with Crippen LogP contribution in [0.25, 0.3) is 0 Å². The normalized spacial score (nSPS) is 16.5. The van der Waals surface area contributed by atoms with Crippen molar-refractivity contribution < 1.29 is 9.53 Å². The zero-order valence-corrected chi connectivity index (χ0v) is 19.2. The predicted octanol–water partition coefficient (Wildman–Crippen LogP) is 5.15. The molecule has 1 amide bonds. The lowest BCUT2D eigenvalue weighted by molar-refractivity contribution is -0.140. The van der Waals surface area contributed by atoms with E-state index in [1.165, 1.54) is 11.1 Å². The molecule has 0 radical (unpaired) electrons.